The number of thiol groups is 1. The van der Waals surface area contributed by atoms with Crippen molar-refractivity contribution in [1.82, 2.24) is 0 Å². The number of aromatic carboxylic acids is 1. The van der Waals surface area contributed by atoms with Crippen LogP contribution in [0.4, 0.5) is 4.39 Å². The number of hydrogen-bond donors (Lipinski definition) is 2. The zero-order valence-electron chi connectivity index (χ0n) is 5.71. The van der Waals surface area contributed by atoms with E-state index in [-0.39, 0.29) is 4.90 Å². The van der Waals surface area contributed by atoms with E-state index >= 15 is 0 Å². The third kappa shape index (κ3) is 1.78. The molecular weight excluding hydrogens is 247 g/mol. The summed E-state index contributed by atoms with van der Waals surface area (Å²) in [6.07, 6.45) is 0. The van der Waals surface area contributed by atoms with Crippen LogP contribution in [-0.4, -0.2) is 11.1 Å². The Labute approximate surface area is 81.9 Å². The predicted molar refractivity (Wildman–Crippen MR) is 48.3 cm³/mol. The molecule has 0 saturated carbocycles. The molecular formula is C7H4BrFO2S. The molecule has 0 heterocycles. The molecule has 2 nitrogen and oxygen atoms in total. The van der Waals surface area contributed by atoms with Gasteiger partial charge in [0.15, 0.2) is 0 Å². The van der Waals surface area contributed by atoms with Crippen LogP contribution in [0.1, 0.15) is 10.4 Å². The number of carboxylic acid groups (broad SMARTS) is 1. The van der Waals surface area contributed by atoms with E-state index in [1.807, 2.05) is 0 Å². The summed E-state index contributed by atoms with van der Waals surface area (Å²) in [5, 5.41) is 8.53. The van der Waals surface area contributed by atoms with E-state index in [2.05, 4.69) is 28.6 Å². The van der Waals surface area contributed by atoms with Gasteiger partial charge in [-0.15, -0.1) is 12.6 Å². The molecule has 0 aliphatic heterocycles. The molecule has 1 aromatic carbocycles. The maximum atomic E-state index is 12.9. The first-order valence-corrected chi connectivity index (χ1v) is 4.17. The molecule has 64 valence electrons. The quantitative estimate of drug-likeness (QED) is 0.752. The second-order valence-electron chi connectivity index (χ2n) is 2.09. The lowest BCUT2D eigenvalue weighted by Crippen LogP contribution is -2.01. The predicted octanol–water partition coefficient (Wildman–Crippen LogP) is 2.58. The number of benzene rings is 1. The van der Waals surface area contributed by atoms with Crippen LogP contribution in [0.3, 0.4) is 0 Å². The van der Waals surface area contributed by atoms with Gasteiger partial charge in [-0.1, -0.05) is 15.9 Å². The van der Waals surface area contributed by atoms with Crippen LogP contribution >= 0.6 is 28.6 Å². The van der Waals surface area contributed by atoms with Crippen molar-refractivity contribution in [3.8, 4) is 0 Å². The van der Waals surface area contributed by atoms with Gasteiger partial charge in [-0.3, -0.25) is 0 Å². The Morgan fingerprint density at radius 1 is 1.58 bits per heavy atom. The second kappa shape index (κ2) is 3.45. The Hall–Kier alpha value is -0.550. The highest BCUT2D eigenvalue weighted by Gasteiger charge is 2.14. The molecule has 1 aromatic rings. The molecule has 0 aliphatic carbocycles. The van der Waals surface area contributed by atoms with Gasteiger partial charge in [0.05, 0.1) is 0 Å². The fraction of sp³-hybridized carbons (Fsp3) is 0. The molecule has 1 rings (SSSR count). The normalized spacial score (nSPS) is 9.92. The molecule has 0 saturated heterocycles. The van der Waals surface area contributed by atoms with Crippen LogP contribution in [0, 0.1) is 5.82 Å². The Bertz CT molecular complexity index is 317. The highest BCUT2D eigenvalue weighted by atomic mass is 79.9. The summed E-state index contributed by atoms with van der Waals surface area (Å²) < 4.78 is 13.4. The minimum absolute atomic E-state index is 0.106. The molecule has 1 N–H and O–H groups in total. The maximum Gasteiger partial charge on any atom is 0.339 e. The zero-order chi connectivity index (χ0) is 9.30. The van der Waals surface area contributed by atoms with E-state index in [0.717, 1.165) is 6.07 Å². The monoisotopic (exact) mass is 250 g/mol. The Kier molecular flexibility index (Phi) is 2.74. The fourth-order valence-corrected chi connectivity index (χ4v) is 1.72. The van der Waals surface area contributed by atoms with Crippen molar-refractivity contribution in [3.63, 3.8) is 0 Å². The lowest BCUT2D eigenvalue weighted by molar-refractivity contribution is 0.0688. The first kappa shape index (κ1) is 9.54. The molecule has 12 heavy (non-hydrogen) atoms. The third-order valence-corrected chi connectivity index (χ3v) is 2.06. The molecule has 0 radical (unpaired) electrons. The van der Waals surface area contributed by atoms with Gasteiger partial charge in [0.1, 0.15) is 11.4 Å². The standard InChI is InChI=1S/C7H4BrFO2S/c8-3-1-4(9)6(7(10)11)5(12)2-3/h1-2,12H,(H,10,11). The van der Waals surface area contributed by atoms with Crippen LogP contribution in [0.2, 0.25) is 0 Å². The summed E-state index contributed by atoms with van der Waals surface area (Å²) in [5.41, 5.74) is -0.401. The van der Waals surface area contributed by atoms with Crippen molar-refractivity contribution in [2.24, 2.45) is 0 Å². The van der Waals surface area contributed by atoms with Gasteiger partial charge >= 0.3 is 5.97 Å². The number of halogens is 2. The van der Waals surface area contributed by atoms with Crippen LogP contribution in [-0.2, 0) is 0 Å². The van der Waals surface area contributed by atoms with Gasteiger partial charge in [0.25, 0.3) is 0 Å². The molecule has 5 heteroatoms. The smallest absolute Gasteiger partial charge is 0.339 e. The van der Waals surface area contributed by atoms with Crippen LogP contribution in [0.5, 0.6) is 0 Å². The van der Waals surface area contributed by atoms with E-state index in [1.165, 1.54) is 6.07 Å². The topological polar surface area (TPSA) is 37.3 Å². The average molecular weight is 251 g/mol. The summed E-state index contributed by atoms with van der Waals surface area (Å²) in [6.45, 7) is 0. The highest BCUT2D eigenvalue weighted by Crippen LogP contribution is 2.23. The molecule has 0 atom stereocenters. The highest BCUT2D eigenvalue weighted by molar-refractivity contribution is 9.10. The summed E-state index contributed by atoms with van der Waals surface area (Å²) >= 11 is 6.84. The summed E-state index contributed by atoms with van der Waals surface area (Å²) in [4.78, 5) is 10.6. The Balaban J connectivity index is 3.38. The average Bonchev–Trinajstić information content (AvgIpc) is 1.82. The summed E-state index contributed by atoms with van der Waals surface area (Å²) in [7, 11) is 0. The van der Waals surface area contributed by atoms with Crippen LogP contribution in [0.15, 0.2) is 21.5 Å². The molecule has 0 bridgehead atoms. The number of rotatable bonds is 1. The Morgan fingerprint density at radius 2 is 2.17 bits per heavy atom. The molecule has 0 aromatic heterocycles. The molecule has 0 unspecified atom stereocenters. The fourth-order valence-electron chi connectivity index (χ4n) is 0.772. The van der Waals surface area contributed by atoms with Crippen molar-refractivity contribution in [1.29, 1.82) is 0 Å². The molecule has 0 spiro atoms. The number of hydrogen-bond acceptors (Lipinski definition) is 2. The first-order chi connectivity index (χ1) is 5.52. The second-order valence-corrected chi connectivity index (χ2v) is 3.48. The van der Waals surface area contributed by atoms with E-state index < -0.39 is 17.3 Å². The Morgan fingerprint density at radius 3 is 2.58 bits per heavy atom. The van der Waals surface area contributed by atoms with Crippen molar-refractivity contribution in [2.45, 2.75) is 4.90 Å². The number of carboxylic acids is 1. The zero-order valence-corrected chi connectivity index (χ0v) is 8.19. The van der Waals surface area contributed by atoms with Gasteiger partial charge < -0.3 is 5.11 Å². The minimum Gasteiger partial charge on any atom is -0.478 e. The maximum absolute atomic E-state index is 12.9. The van der Waals surface area contributed by atoms with Crippen molar-refractivity contribution >= 4 is 34.5 Å². The minimum atomic E-state index is -1.31. The van der Waals surface area contributed by atoms with Crippen LogP contribution in [0.25, 0.3) is 0 Å². The lowest BCUT2D eigenvalue weighted by Gasteiger charge is -2.01. The SMILES string of the molecule is O=C(O)c1c(F)cc(Br)cc1S. The molecule has 0 fully saturated rings. The van der Waals surface area contributed by atoms with Crippen LogP contribution < -0.4 is 0 Å². The molecule has 0 amide bonds. The van der Waals surface area contributed by atoms with Gasteiger partial charge in [-0.05, 0) is 12.1 Å². The van der Waals surface area contributed by atoms with Crippen molar-refractivity contribution in [3.05, 3.63) is 28.0 Å². The van der Waals surface area contributed by atoms with Gasteiger partial charge in [-0.2, -0.15) is 0 Å². The number of carbonyl (C=O) groups is 1. The third-order valence-electron chi connectivity index (χ3n) is 1.25. The largest absolute Gasteiger partial charge is 0.478 e. The van der Waals surface area contributed by atoms with Gasteiger partial charge in [-0.25, -0.2) is 9.18 Å². The van der Waals surface area contributed by atoms with Crippen molar-refractivity contribution in [2.75, 3.05) is 0 Å². The summed E-state index contributed by atoms with van der Waals surface area (Å²) in [5.74, 6) is -2.10. The lowest BCUT2D eigenvalue weighted by atomic mass is 10.2. The van der Waals surface area contributed by atoms with Gasteiger partial charge in [0, 0.05) is 9.37 Å². The molecule has 0 aliphatic rings. The van der Waals surface area contributed by atoms with E-state index in [4.69, 9.17) is 5.11 Å². The first-order valence-electron chi connectivity index (χ1n) is 2.93. The van der Waals surface area contributed by atoms with E-state index in [1.54, 1.807) is 0 Å². The van der Waals surface area contributed by atoms with E-state index in [0.29, 0.717) is 4.47 Å². The van der Waals surface area contributed by atoms with Gasteiger partial charge in [0.2, 0.25) is 0 Å². The van der Waals surface area contributed by atoms with Crippen molar-refractivity contribution < 1.29 is 14.3 Å². The summed E-state index contributed by atoms with van der Waals surface area (Å²) in [6, 6.07) is 2.51. The van der Waals surface area contributed by atoms with E-state index in [9.17, 15) is 9.18 Å².